The van der Waals surface area contributed by atoms with Crippen LogP contribution in [0.2, 0.25) is 0 Å². The fourth-order valence-corrected chi connectivity index (χ4v) is 2.61. The van der Waals surface area contributed by atoms with Crippen molar-refractivity contribution in [2.75, 3.05) is 13.7 Å². The first kappa shape index (κ1) is 12.6. The first-order valence-corrected chi connectivity index (χ1v) is 6.56. The Hall–Kier alpha value is -0.870. The molecule has 1 aliphatic carbocycles. The van der Waals surface area contributed by atoms with Crippen LogP contribution in [0.5, 0.6) is 0 Å². The molecule has 0 aliphatic heterocycles. The number of amides is 1. The summed E-state index contributed by atoms with van der Waals surface area (Å²) in [6.07, 6.45) is 2.45. The molecule has 0 saturated heterocycles. The summed E-state index contributed by atoms with van der Waals surface area (Å²) < 4.78 is 5.99. The maximum Gasteiger partial charge on any atom is 0.222 e. The lowest BCUT2D eigenvalue weighted by Gasteiger charge is -2.14. The van der Waals surface area contributed by atoms with E-state index in [1.165, 1.54) is 11.1 Å². The molecule has 1 aromatic rings. The second-order valence-corrected chi connectivity index (χ2v) is 5.16. The highest BCUT2D eigenvalue weighted by Gasteiger charge is 2.23. The zero-order valence-electron chi connectivity index (χ0n) is 9.83. The summed E-state index contributed by atoms with van der Waals surface area (Å²) in [7, 11) is 1.61. The van der Waals surface area contributed by atoms with Gasteiger partial charge in [-0.15, -0.1) is 0 Å². The second kappa shape index (κ2) is 5.65. The van der Waals surface area contributed by atoms with Crippen LogP contribution in [0.4, 0.5) is 0 Å². The molecule has 1 aromatic carbocycles. The molecule has 92 valence electrons. The van der Waals surface area contributed by atoms with E-state index in [2.05, 4.69) is 33.4 Å². The largest absolute Gasteiger partial charge is 0.384 e. The summed E-state index contributed by atoms with van der Waals surface area (Å²) in [5.74, 6) is 0.0626. The van der Waals surface area contributed by atoms with Crippen molar-refractivity contribution in [3.63, 3.8) is 0 Å². The monoisotopic (exact) mass is 297 g/mol. The Morgan fingerprint density at radius 3 is 3.18 bits per heavy atom. The lowest BCUT2D eigenvalue weighted by molar-refractivity contribution is -0.122. The van der Waals surface area contributed by atoms with Gasteiger partial charge in [-0.1, -0.05) is 22.0 Å². The van der Waals surface area contributed by atoms with Gasteiger partial charge in [-0.05, 0) is 36.1 Å². The van der Waals surface area contributed by atoms with Gasteiger partial charge in [-0.2, -0.15) is 0 Å². The van der Waals surface area contributed by atoms with Crippen molar-refractivity contribution in [3.8, 4) is 0 Å². The number of hydrogen-bond acceptors (Lipinski definition) is 2. The first-order valence-electron chi connectivity index (χ1n) is 5.77. The van der Waals surface area contributed by atoms with E-state index in [0.29, 0.717) is 13.0 Å². The highest BCUT2D eigenvalue weighted by atomic mass is 79.9. The van der Waals surface area contributed by atoms with Crippen LogP contribution in [0.15, 0.2) is 22.7 Å². The minimum Gasteiger partial charge on any atom is -0.384 e. The van der Waals surface area contributed by atoms with Gasteiger partial charge in [0.2, 0.25) is 5.91 Å². The molecule has 1 aliphatic rings. The van der Waals surface area contributed by atoms with E-state index in [1.807, 2.05) is 6.07 Å². The summed E-state index contributed by atoms with van der Waals surface area (Å²) in [5, 5.41) is 3.06. The van der Waals surface area contributed by atoms with E-state index in [0.717, 1.165) is 17.3 Å². The van der Waals surface area contributed by atoms with Crippen LogP contribution in [0.25, 0.3) is 0 Å². The van der Waals surface area contributed by atoms with Crippen molar-refractivity contribution in [1.82, 2.24) is 5.32 Å². The Morgan fingerprint density at radius 1 is 1.59 bits per heavy atom. The number of nitrogens with one attached hydrogen (secondary N) is 1. The molecular formula is C13H16BrNO2. The number of rotatable bonds is 4. The van der Waals surface area contributed by atoms with E-state index in [4.69, 9.17) is 4.74 Å². The zero-order valence-corrected chi connectivity index (χ0v) is 11.4. The van der Waals surface area contributed by atoms with Crippen LogP contribution >= 0.6 is 15.9 Å². The summed E-state index contributed by atoms with van der Waals surface area (Å²) in [5.41, 5.74) is 2.58. The third-order valence-corrected chi connectivity index (χ3v) is 3.54. The predicted octanol–water partition coefficient (Wildman–Crippen LogP) is 2.59. The van der Waals surface area contributed by atoms with Crippen molar-refractivity contribution in [3.05, 3.63) is 33.8 Å². The predicted molar refractivity (Wildman–Crippen MR) is 69.8 cm³/mol. The van der Waals surface area contributed by atoms with E-state index >= 15 is 0 Å². The molecule has 2 rings (SSSR count). The number of carbonyl (C=O) groups is 1. The molecule has 1 atom stereocenters. The maximum atomic E-state index is 11.6. The van der Waals surface area contributed by atoms with E-state index in [9.17, 15) is 4.79 Å². The number of carbonyl (C=O) groups excluding carboxylic acids is 1. The van der Waals surface area contributed by atoms with E-state index in [1.54, 1.807) is 7.11 Å². The second-order valence-electron chi connectivity index (χ2n) is 4.24. The van der Waals surface area contributed by atoms with Crippen LogP contribution < -0.4 is 5.32 Å². The number of ether oxygens (including phenoxy) is 1. The Kier molecular flexibility index (Phi) is 4.18. The minimum absolute atomic E-state index is 0.0626. The van der Waals surface area contributed by atoms with E-state index in [-0.39, 0.29) is 11.9 Å². The lowest BCUT2D eigenvalue weighted by atomic mass is 10.1. The molecule has 1 N–H and O–H groups in total. The van der Waals surface area contributed by atoms with Gasteiger partial charge in [0.05, 0.1) is 12.6 Å². The molecule has 17 heavy (non-hydrogen) atoms. The van der Waals surface area contributed by atoms with Gasteiger partial charge in [0.15, 0.2) is 0 Å². The first-order chi connectivity index (χ1) is 8.20. The summed E-state index contributed by atoms with van der Waals surface area (Å²) >= 11 is 3.47. The normalized spacial score (nSPS) is 17.9. The van der Waals surface area contributed by atoms with Gasteiger partial charge in [-0.3, -0.25) is 4.79 Å². The molecule has 0 heterocycles. The quantitative estimate of drug-likeness (QED) is 0.928. The number of fused-ring (bicyclic) bond motifs is 1. The Morgan fingerprint density at radius 2 is 2.41 bits per heavy atom. The molecule has 0 spiro atoms. The molecule has 0 fully saturated rings. The summed E-state index contributed by atoms with van der Waals surface area (Å²) in [4.78, 5) is 11.6. The fraction of sp³-hybridized carbons (Fsp3) is 0.462. The van der Waals surface area contributed by atoms with Crippen molar-refractivity contribution < 1.29 is 9.53 Å². The number of aryl methyl sites for hydroxylation is 1. The third kappa shape index (κ3) is 3.07. The smallest absolute Gasteiger partial charge is 0.222 e. The highest BCUT2D eigenvalue weighted by Crippen LogP contribution is 2.32. The van der Waals surface area contributed by atoms with Gasteiger partial charge < -0.3 is 10.1 Å². The van der Waals surface area contributed by atoms with Crippen molar-refractivity contribution in [1.29, 1.82) is 0 Å². The van der Waals surface area contributed by atoms with Crippen LogP contribution in [-0.4, -0.2) is 19.6 Å². The topological polar surface area (TPSA) is 38.3 Å². The number of methoxy groups -OCH3 is 1. The van der Waals surface area contributed by atoms with Gasteiger partial charge in [-0.25, -0.2) is 0 Å². The van der Waals surface area contributed by atoms with Crippen molar-refractivity contribution >= 4 is 21.8 Å². The molecule has 4 heteroatoms. The SMILES string of the molecule is COCCC(=O)NC1CCc2cc(Br)ccc21. The van der Waals surface area contributed by atoms with Gasteiger partial charge in [0, 0.05) is 18.0 Å². The molecule has 0 aromatic heterocycles. The van der Waals surface area contributed by atoms with Crippen LogP contribution in [0, 0.1) is 0 Å². The maximum absolute atomic E-state index is 11.6. The Bertz CT molecular complexity index is 420. The summed E-state index contributed by atoms with van der Waals surface area (Å²) in [6, 6.07) is 6.42. The Labute approximate surface area is 110 Å². The molecule has 1 unspecified atom stereocenters. The lowest BCUT2D eigenvalue weighted by Crippen LogP contribution is -2.27. The standard InChI is InChI=1S/C13H16BrNO2/c1-17-7-6-13(16)15-12-5-2-9-8-10(14)3-4-11(9)12/h3-4,8,12H,2,5-7H2,1H3,(H,15,16). The fourth-order valence-electron chi connectivity index (χ4n) is 2.20. The number of halogens is 1. The summed E-state index contributed by atoms with van der Waals surface area (Å²) in [6.45, 7) is 0.478. The third-order valence-electron chi connectivity index (χ3n) is 3.05. The number of benzene rings is 1. The zero-order chi connectivity index (χ0) is 12.3. The molecule has 1 amide bonds. The average molecular weight is 298 g/mol. The van der Waals surface area contributed by atoms with Gasteiger partial charge in [0.25, 0.3) is 0 Å². The highest BCUT2D eigenvalue weighted by molar-refractivity contribution is 9.10. The van der Waals surface area contributed by atoms with Crippen LogP contribution in [-0.2, 0) is 16.0 Å². The van der Waals surface area contributed by atoms with Crippen molar-refractivity contribution in [2.24, 2.45) is 0 Å². The molecule has 0 radical (unpaired) electrons. The minimum atomic E-state index is 0.0626. The molecule has 3 nitrogen and oxygen atoms in total. The Balaban J connectivity index is 2.00. The molecule has 0 saturated carbocycles. The van der Waals surface area contributed by atoms with Gasteiger partial charge >= 0.3 is 0 Å². The van der Waals surface area contributed by atoms with Crippen LogP contribution in [0.1, 0.15) is 30.0 Å². The van der Waals surface area contributed by atoms with Crippen LogP contribution in [0.3, 0.4) is 0 Å². The molecule has 0 bridgehead atoms. The van der Waals surface area contributed by atoms with Gasteiger partial charge in [0.1, 0.15) is 0 Å². The van der Waals surface area contributed by atoms with Crippen molar-refractivity contribution in [2.45, 2.75) is 25.3 Å². The number of hydrogen-bond donors (Lipinski definition) is 1. The van der Waals surface area contributed by atoms with E-state index < -0.39 is 0 Å². The average Bonchev–Trinajstić information content (AvgIpc) is 2.69. The molecular weight excluding hydrogens is 282 g/mol.